The van der Waals surface area contributed by atoms with Crippen molar-refractivity contribution >= 4 is 5.91 Å². The number of nitrogens with zero attached hydrogens (tertiary/aromatic N) is 2. The minimum atomic E-state index is -0.353. The number of likely N-dealkylation sites (tertiary alicyclic amines) is 1. The molecule has 2 heterocycles. The first-order valence-electron chi connectivity index (χ1n) is 8.17. The highest BCUT2D eigenvalue weighted by molar-refractivity contribution is 5.76. The maximum Gasteiger partial charge on any atom is 0.340 e. The highest BCUT2D eigenvalue weighted by Gasteiger charge is 2.26. The van der Waals surface area contributed by atoms with E-state index < -0.39 is 0 Å². The number of hydrogen-bond donors (Lipinski definition) is 2. The molecule has 128 valence electrons. The average molecular weight is 332 g/mol. The first-order chi connectivity index (χ1) is 11.5. The second-order valence-electron chi connectivity index (χ2n) is 6.41. The number of carbonyl (C=O) groups excluding carboxylic acids is 1. The molecule has 2 aromatic rings. The molecule has 0 radical (unpaired) electrons. The van der Waals surface area contributed by atoms with Crippen LogP contribution in [0.4, 0.5) is 4.39 Å². The summed E-state index contributed by atoms with van der Waals surface area (Å²) < 4.78 is 13.3. The normalized spacial score (nSPS) is 17.4. The summed E-state index contributed by atoms with van der Waals surface area (Å²) >= 11 is 0. The van der Waals surface area contributed by atoms with Gasteiger partial charge in [-0.1, -0.05) is 12.1 Å². The maximum absolute atomic E-state index is 13.3. The van der Waals surface area contributed by atoms with Crippen LogP contribution in [0.5, 0.6) is 0 Å². The smallest absolute Gasteiger partial charge is 0.340 e. The molecule has 24 heavy (non-hydrogen) atoms. The summed E-state index contributed by atoms with van der Waals surface area (Å²) in [6.45, 7) is 3.25. The SMILES string of the molecule is Cc1cc(CC2CCN(C(=O)CCc3n[nH]c(=O)[nH]3)C2)ccc1F. The van der Waals surface area contributed by atoms with E-state index in [4.69, 9.17) is 0 Å². The van der Waals surface area contributed by atoms with Crippen molar-refractivity contribution in [1.82, 2.24) is 20.1 Å². The van der Waals surface area contributed by atoms with Crippen LogP contribution in [-0.4, -0.2) is 39.1 Å². The lowest BCUT2D eigenvalue weighted by molar-refractivity contribution is -0.130. The van der Waals surface area contributed by atoms with Crippen LogP contribution >= 0.6 is 0 Å². The fourth-order valence-corrected chi connectivity index (χ4v) is 3.20. The van der Waals surface area contributed by atoms with Gasteiger partial charge in [0.05, 0.1) is 0 Å². The highest BCUT2D eigenvalue weighted by atomic mass is 19.1. The van der Waals surface area contributed by atoms with Crippen LogP contribution in [0.1, 0.15) is 29.8 Å². The molecule has 7 heteroatoms. The standard InChI is InChI=1S/C17H21FN4O2/c1-11-8-12(2-3-14(11)18)9-13-6-7-22(10-13)16(23)5-4-15-19-17(24)21-20-15/h2-3,8,13H,4-7,9-10H2,1H3,(H2,19,20,21,24). The van der Waals surface area contributed by atoms with Crippen molar-refractivity contribution < 1.29 is 9.18 Å². The van der Waals surface area contributed by atoms with Crippen molar-refractivity contribution in [3.63, 3.8) is 0 Å². The van der Waals surface area contributed by atoms with E-state index in [9.17, 15) is 14.0 Å². The van der Waals surface area contributed by atoms with Gasteiger partial charge in [0.2, 0.25) is 5.91 Å². The molecule has 1 amide bonds. The lowest BCUT2D eigenvalue weighted by atomic mass is 9.97. The van der Waals surface area contributed by atoms with Crippen LogP contribution in [-0.2, 0) is 17.6 Å². The predicted octanol–water partition coefficient (Wildman–Crippen LogP) is 1.57. The van der Waals surface area contributed by atoms with Crippen molar-refractivity contribution in [2.24, 2.45) is 5.92 Å². The summed E-state index contributed by atoms with van der Waals surface area (Å²) in [4.78, 5) is 27.6. The minimum absolute atomic E-state index is 0.0802. The Kier molecular flexibility index (Phi) is 4.78. The summed E-state index contributed by atoms with van der Waals surface area (Å²) in [5, 5.41) is 6.10. The summed E-state index contributed by atoms with van der Waals surface area (Å²) in [5.41, 5.74) is 1.42. The molecule has 2 N–H and O–H groups in total. The lowest BCUT2D eigenvalue weighted by Gasteiger charge is -2.16. The topological polar surface area (TPSA) is 81.8 Å². The van der Waals surface area contributed by atoms with Gasteiger partial charge >= 0.3 is 5.69 Å². The number of aromatic nitrogens is 3. The molecule has 0 aliphatic carbocycles. The largest absolute Gasteiger partial charge is 0.342 e. The molecule has 3 rings (SSSR count). The second-order valence-corrected chi connectivity index (χ2v) is 6.41. The van der Waals surface area contributed by atoms with Gasteiger partial charge in [-0.2, -0.15) is 5.10 Å². The molecule has 0 saturated carbocycles. The zero-order chi connectivity index (χ0) is 17.1. The molecular weight excluding hydrogens is 311 g/mol. The van der Waals surface area contributed by atoms with E-state index in [2.05, 4.69) is 15.2 Å². The highest BCUT2D eigenvalue weighted by Crippen LogP contribution is 2.22. The lowest BCUT2D eigenvalue weighted by Crippen LogP contribution is -2.29. The molecule has 0 bridgehead atoms. The molecule has 1 aromatic heterocycles. The molecule has 1 aromatic carbocycles. The number of H-pyrrole nitrogens is 2. The fourth-order valence-electron chi connectivity index (χ4n) is 3.20. The summed E-state index contributed by atoms with van der Waals surface area (Å²) in [7, 11) is 0. The third kappa shape index (κ3) is 3.90. The second kappa shape index (κ2) is 6.98. The van der Waals surface area contributed by atoms with Gasteiger partial charge in [0.25, 0.3) is 0 Å². The van der Waals surface area contributed by atoms with Crippen LogP contribution in [0.25, 0.3) is 0 Å². The van der Waals surface area contributed by atoms with E-state index in [1.807, 2.05) is 17.0 Å². The number of nitrogens with one attached hydrogen (secondary N) is 2. The van der Waals surface area contributed by atoms with Gasteiger partial charge in [-0.3, -0.25) is 9.78 Å². The Balaban J connectivity index is 1.50. The number of benzene rings is 1. The van der Waals surface area contributed by atoms with Crippen LogP contribution in [0.2, 0.25) is 0 Å². The molecule has 1 aliphatic rings. The van der Waals surface area contributed by atoms with Gasteiger partial charge in [-0.05, 0) is 42.9 Å². The third-order valence-corrected chi connectivity index (χ3v) is 4.51. The Morgan fingerprint density at radius 1 is 1.46 bits per heavy atom. The minimum Gasteiger partial charge on any atom is -0.342 e. The van der Waals surface area contributed by atoms with E-state index in [0.29, 0.717) is 30.1 Å². The van der Waals surface area contributed by atoms with E-state index in [1.165, 1.54) is 6.07 Å². The summed E-state index contributed by atoms with van der Waals surface area (Å²) in [5.74, 6) is 0.810. The quantitative estimate of drug-likeness (QED) is 0.872. The monoisotopic (exact) mass is 332 g/mol. The van der Waals surface area contributed by atoms with E-state index in [0.717, 1.165) is 31.5 Å². The molecule has 1 aliphatic heterocycles. The molecule has 6 nitrogen and oxygen atoms in total. The van der Waals surface area contributed by atoms with Gasteiger partial charge in [0.1, 0.15) is 11.6 Å². The molecule has 1 saturated heterocycles. The number of rotatable bonds is 5. The van der Waals surface area contributed by atoms with Crippen molar-refractivity contribution in [1.29, 1.82) is 0 Å². The van der Waals surface area contributed by atoms with E-state index in [1.54, 1.807) is 6.92 Å². The molecule has 1 atom stereocenters. The number of halogens is 1. The zero-order valence-corrected chi connectivity index (χ0v) is 13.6. The van der Waals surface area contributed by atoms with E-state index >= 15 is 0 Å². The van der Waals surface area contributed by atoms with Crippen LogP contribution in [0, 0.1) is 18.7 Å². The van der Waals surface area contributed by atoms with Gasteiger partial charge in [0.15, 0.2) is 0 Å². The molecular formula is C17H21FN4O2. The zero-order valence-electron chi connectivity index (χ0n) is 13.6. The van der Waals surface area contributed by atoms with Crippen molar-refractivity contribution in [2.45, 2.75) is 32.6 Å². The van der Waals surface area contributed by atoms with E-state index in [-0.39, 0.29) is 17.4 Å². The summed E-state index contributed by atoms with van der Waals surface area (Å²) in [6, 6.07) is 5.21. The summed E-state index contributed by atoms with van der Waals surface area (Å²) in [6.07, 6.45) is 2.58. The molecule has 0 spiro atoms. The third-order valence-electron chi connectivity index (χ3n) is 4.51. The number of amides is 1. The van der Waals surface area contributed by atoms with Gasteiger partial charge in [-0.15, -0.1) is 0 Å². The van der Waals surface area contributed by atoms with Crippen molar-refractivity contribution in [3.05, 3.63) is 51.5 Å². The van der Waals surface area contributed by atoms with Gasteiger partial charge in [0, 0.05) is 25.9 Å². The fraction of sp³-hybridized carbons (Fsp3) is 0.471. The number of hydrogen-bond acceptors (Lipinski definition) is 3. The Morgan fingerprint density at radius 2 is 2.29 bits per heavy atom. The van der Waals surface area contributed by atoms with Crippen LogP contribution in [0.15, 0.2) is 23.0 Å². The van der Waals surface area contributed by atoms with Gasteiger partial charge in [-0.25, -0.2) is 14.3 Å². The number of aromatic amines is 2. The van der Waals surface area contributed by atoms with Gasteiger partial charge < -0.3 is 4.90 Å². The van der Waals surface area contributed by atoms with Crippen molar-refractivity contribution in [2.75, 3.05) is 13.1 Å². The Hall–Kier alpha value is -2.44. The first kappa shape index (κ1) is 16.4. The van der Waals surface area contributed by atoms with Crippen LogP contribution in [0.3, 0.4) is 0 Å². The molecule has 1 unspecified atom stereocenters. The Morgan fingerprint density at radius 3 is 3.00 bits per heavy atom. The molecule has 1 fully saturated rings. The Labute approximate surface area is 139 Å². The maximum atomic E-state index is 13.3. The number of carbonyl (C=O) groups is 1. The van der Waals surface area contributed by atoms with Crippen molar-refractivity contribution in [3.8, 4) is 0 Å². The predicted molar refractivity (Wildman–Crippen MR) is 87.1 cm³/mol. The number of aryl methyl sites for hydroxylation is 2. The average Bonchev–Trinajstić information content (AvgIpc) is 3.18. The van der Waals surface area contributed by atoms with Crippen LogP contribution < -0.4 is 5.69 Å². The Bertz CT molecular complexity index is 783. The first-order valence-corrected chi connectivity index (χ1v) is 8.17.